The molecule has 0 aromatic carbocycles. The number of likely N-dealkylation sites (tertiary alicyclic amines) is 1. The highest BCUT2D eigenvalue weighted by Crippen LogP contribution is 2.36. The molecule has 0 bridgehead atoms. The van der Waals surface area contributed by atoms with Crippen LogP contribution in [0.1, 0.15) is 60.7 Å². The van der Waals surface area contributed by atoms with Crippen LogP contribution in [0.4, 0.5) is 0 Å². The second-order valence-electron chi connectivity index (χ2n) is 7.97. The number of carbonyl (C=O) groups is 1. The highest BCUT2D eigenvalue weighted by atomic mass is 16.2. The molecular weight excluding hydrogens is 408 g/mol. The van der Waals surface area contributed by atoms with Crippen LogP contribution in [0.5, 0.6) is 0 Å². The van der Waals surface area contributed by atoms with Crippen molar-refractivity contribution in [3.05, 3.63) is 74.8 Å². The lowest BCUT2D eigenvalue weighted by atomic mass is 9.93. The third kappa shape index (κ3) is 4.23. The summed E-state index contributed by atoms with van der Waals surface area (Å²) in [4.78, 5) is 55.3. The van der Waals surface area contributed by atoms with E-state index in [2.05, 4.69) is 21.9 Å². The minimum atomic E-state index is -0.612. The van der Waals surface area contributed by atoms with Crippen molar-refractivity contribution in [2.45, 2.75) is 45.1 Å². The zero-order chi connectivity index (χ0) is 22.7. The molecule has 3 aromatic rings. The first-order chi connectivity index (χ1) is 15.5. The van der Waals surface area contributed by atoms with Gasteiger partial charge >= 0.3 is 5.69 Å². The van der Waals surface area contributed by atoms with Crippen LogP contribution in [0.2, 0.25) is 0 Å². The van der Waals surface area contributed by atoms with Crippen LogP contribution in [-0.2, 0) is 13.5 Å². The maximum absolute atomic E-state index is 13.4. The lowest BCUT2D eigenvalue weighted by Gasteiger charge is -2.36. The van der Waals surface area contributed by atoms with E-state index in [-0.39, 0.29) is 17.6 Å². The quantitative estimate of drug-likeness (QED) is 0.659. The second kappa shape index (κ2) is 9.25. The number of hydrogen-bond acceptors (Lipinski definition) is 6. The number of amides is 1. The van der Waals surface area contributed by atoms with Crippen LogP contribution in [0.15, 0.2) is 46.4 Å². The molecule has 1 aliphatic heterocycles. The third-order valence-corrected chi connectivity index (χ3v) is 5.79. The average Bonchev–Trinajstić information content (AvgIpc) is 2.82. The molecule has 9 nitrogen and oxygen atoms in total. The molecule has 4 heterocycles. The number of rotatable bonds is 5. The van der Waals surface area contributed by atoms with Gasteiger partial charge in [-0.25, -0.2) is 14.8 Å². The smallest absolute Gasteiger partial charge is 0.328 e. The van der Waals surface area contributed by atoms with Gasteiger partial charge in [0.15, 0.2) is 0 Å². The summed E-state index contributed by atoms with van der Waals surface area (Å²) in [5.74, 6) is 0.362. The van der Waals surface area contributed by atoms with E-state index in [1.807, 2.05) is 18.3 Å². The zero-order valence-electron chi connectivity index (χ0n) is 18.2. The van der Waals surface area contributed by atoms with E-state index in [0.717, 1.165) is 59.3 Å². The van der Waals surface area contributed by atoms with Crippen LogP contribution >= 0.6 is 0 Å². The second-order valence-corrected chi connectivity index (χ2v) is 7.97. The summed E-state index contributed by atoms with van der Waals surface area (Å²) in [6, 6.07) is 4.69. The van der Waals surface area contributed by atoms with Gasteiger partial charge in [-0.05, 0) is 43.4 Å². The maximum Gasteiger partial charge on any atom is 0.328 e. The molecule has 1 saturated heterocycles. The van der Waals surface area contributed by atoms with Crippen molar-refractivity contribution in [3.63, 3.8) is 0 Å². The molecule has 1 aliphatic rings. The number of aryl methyl sites for hydroxylation is 1. The van der Waals surface area contributed by atoms with Gasteiger partial charge in [0.05, 0.1) is 11.7 Å². The Morgan fingerprint density at radius 2 is 2.00 bits per heavy atom. The standard InChI is InChI=1S/C23H26N6O3/c1-3-6-19-25-14-16(15-8-10-24-11-9-15)21(27-19)18-7-4-5-12-29(18)22(31)17-13-20(30)28(2)23(32)26-17/h8-11,13-14,18H,3-7,12H2,1-2H3,(H,26,32)/t18-/m1/s1. The molecule has 166 valence electrons. The molecule has 1 fully saturated rings. The number of H-pyrrole nitrogens is 1. The minimum absolute atomic E-state index is 0.00158. The number of pyridine rings is 1. The van der Waals surface area contributed by atoms with Gasteiger partial charge in [-0.1, -0.05) is 6.92 Å². The van der Waals surface area contributed by atoms with Gasteiger partial charge in [-0.15, -0.1) is 0 Å². The molecule has 1 amide bonds. The molecule has 0 spiro atoms. The Kier molecular flexibility index (Phi) is 6.25. The monoisotopic (exact) mass is 434 g/mol. The summed E-state index contributed by atoms with van der Waals surface area (Å²) in [6.07, 6.45) is 9.43. The fourth-order valence-corrected chi connectivity index (χ4v) is 4.07. The number of aromatic nitrogens is 5. The van der Waals surface area contributed by atoms with Crippen molar-refractivity contribution >= 4 is 5.91 Å². The molecule has 0 aliphatic carbocycles. The summed E-state index contributed by atoms with van der Waals surface area (Å²) < 4.78 is 0.938. The van der Waals surface area contributed by atoms with Gasteiger partial charge in [0.25, 0.3) is 11.5 Å². The van der Waals surface area contributed by atoms with E-state index >= 15 is 0 Å². The van der Waals surface area contributed by atoms with E-state index in [4.69, 9.17) is 4.98 Å². The van der Waals surface area contributed by atoms with Crippen LogP contribution in [-0.4, -0.2) is 41.9 Å². The van der Waals surface area contributed by atoms with E-state index < -0.39 is 11.2 Å². The van der Waals surface area contributed by atoms with Gasteiger partial charge in [0.1, 0.15) is 11.5 Å². The van der Waals surface area contributed by atoms with Crippen molar-refractivity contribution < 1.29 is 4.79 Å². The fourth-order valence-electron chi connectivity index (χ4n) is 4.07. The summed E-state index contributed by atoms with van der Waals surface area (Å²) in [6.45, 7) is 2.59. The maximum atomic E-state index is 13.4. The Hall–Kier alpha value is -3.62. The molecule has 4 rings (SSSR count). The number of nitrogens with zero attached hydrogens (tertiary/aromatic N) is 5. The molecule has 0 unspecified atom stereocenters. The summed E-state index contributed by atoms with van der Waals surface area (Å²) in [7, 11) is 1.37. The highest BCUT2D eigenvalue weighted by molar-refractivity contribution is 5.92. The average molecular weight is 435 g/mol. The molecule has 32 heavy (non-hydrogen) atoms. The van der Waals surface area contributed by atoms with Crippen LogP contribution in [0, 0.1) is 0 Å². The van der Waals surface area contributed by atoms with Gasteiger partial charge in [-0.2, -0.15) is 0 Å². The third-order valence-electron chi connectivity index (χ3n) is 5.79. The van der Waals surface area contributed by atoms with Gasteiger partial charge < -0.3 is 9.88 Å². The number of hydrogen-bond donors (Lipinski definition) is 1. The lowest BCUT2D eigenvalue weighted by Crippen LogP contribution is -2.42. The first-order valence-corrected chi connectivity index (χ1v) is 10.9. The minimum Gasteiger partial charge on any atom is -0.329 e. The zero-order valence-corrected chi connectivity index (χ0v) is 18.2. The Morgan fingerprint density at radius 1 is 1.22 bits per heavy atom. The first-order valence-electron chi connectivity index (χ1n) is 10.9. The molecule has 3 aromatic heterocycles. The largest absolute Gasteiger partial charge is 0.329 e. The van der Waals surface area contributed by atoms with E-state index in [1.54, 1.807) is 17.3 Å². The number of carbonyl (C=O) groups excluding carboxylic acids is 1. The van der Waals surface area contributed by atoms with Gasteiger partial charge in [0.2, 0.25) is 0 Å². The predicted octanol–water partition coefficient (Wildman–Crippen LogP) is 2.25. The van der Waals surface area contributed by atoms with Crippen molar-refractivity contribution in [2.24, 2.45) is 7.05 Å². The Balaban J connectivity index is 1.80. The van der Waals surface area contributed by atoms with Crippen LogP contribution in [0.3, 0.4) is 0 Å². The molecule has 1 atom stereocenters. The van der Waals surface area contributed by atoms with Crippen molar-refractivity contribution in [1.29, 1.82) is 0 Å². The van der Waals surface area contributed by atoms with Crippen molar-refractivity contribution in [3.8, 4) is 11.1 Å². The number of nitrogens with one attached hydrogen (secondary N) is 1. The summed E-state index contributed by atoms with van der Waals surface area (Å²) in [5.41, 5.74) is 1.44. The highest BCUT2D eigenvalue weighted by Gasteiger charge is 2.32. The van der Waals surface area contributed by atoms with E-state index in [9.17, 15) is 14.4 Å². The van der Waals surface area contributed by atoms with Gasteiger partial charge in [-0.3, -0.25) is 19.1 Å². The molecule has 9 heteroatoms. The molecule has 0 saturated carbocycles. The van der Waals surface area contributed by atoms with E-state index in [1.165, 1.54) is 13.1 Å². The van der Waals surface area contributed by atoms with E-state index in [0.29, 0.717) is 6.54 Å². The Labute approximate surface area is 185 Å². The normalized spacial score (nSPS) is 16.2. The van der Waals surface area contributed by atoms with Gasteiger partial charge in [0, 0.05) is 50.2 Å². The molecular formula is C23H26N6O3. The van der Waals surface area contributed by atoms with Crippen LogP contribution in [0.25, 0.3) is 11.1 Å². The van der Waals surface area contributed by atoms with Crippen LogP contribution < -0.4 is 11.2 Å². The first kappa shape index (κ1) is 21.6. The topological polar surface area (TPSA) is 114 Å². The fraction of sp³-hybridized carbons (Fsp3) is 0.391. The number of piperidine rings is 1. The summed E-state index contributed by atoms with van der Waals surface area (Å²) >= 11 is 0. The number of aromatic amines is 1. The Bertz CT molecular complexity index is 1200. The summed E-state index contributed by atoms with van der Waals surface area (Å²) in [5, 5.41) is 0. The Morgan fingerprint density at radius 3 is 2.72 bits per heavy atom. The lowest BCUT2D eigenvalue weighted by molar-refractivity contribution is 0.0599. The predicted molar refractivity (Wildman–Crippen MR) is 119 cm³/mol. The molecule has 1 N–H and O–H groups in total. The SMILES string of the molecule is CCCc1ncc(-c2ccncc2)c([C@H]2CCCCN2C(=O)c2cc(=O)n(C)c(=O)[nH]2)n1. The van der Waals surface area contributed by atoms with Crippen molar-refractivity contribution in [2.75, 3.05) is 6.54 Å². The molecule has 0 radical (unpaired) electrons. The van der Waals surface area contributed by atoms with Crippen molar-refractivity contribution in [1.82, 2.24) is 29.4 Å².